The molecule has 0 radical (unpaired) electrons. The topological polar surface area (TPSA) is 70.0 Å². The van der Waals surface area contributed by atoms with Crippen LogP contribution in [-0.4, -0.2) is 53.3 Å². The SMILES string of the molecule is CCCOc1ccc(CN=C(NCC)N2CCC(O)CC2)cn1. The van der Waals surface area contributed by atoms with Crippen molar-refractivity contribution in [1.82, 2.24) is 15.2 Å². The molecule has 6 nitrogen and oxygen atoms in total. The van der Waals surface area contributed by atoms with E-state index < -0.39 is 0 Å². The largest absolute Gasteiger partial charge is 0.478 e. The molecule has 128 valence electrons. The molecule has 23 heavy (non-hydrogen) atoms. The van der Waals surface area contributed by atoms with Gasteiger partial charge in [-0.05, 0) is 31.7 Å². The van der Waals surface area contributed by atoms with Crippen LogP contribution < -0.4 is 10.1 Å². The molecule has 2 rings (SSSR count). The molecule has 0 aromatic carbocycles. The minimum atomic E-state index is -0.172. The Hall–Kier alpha value is -1.82. The molecule has 1 saturated heterocycles. The van der Waals surface area contributed by atoms with Crippen molar-refractivity contribution >= 4 is 5.96 Å². The minimum Gasteiger partial charge on any atom is -0.478 e. The third-order valence-corrected chi connectivity index (χ3v) is 3.76. The van der Waals surface area contributed by atoms with Crippen LogP contribution in [0.5, 0.6) is 5.88 Å². The molecule has 6 heteroatoms. The zero-order valence-electron chi connectivity index (χ0n) is 14.2. The molecule has 1 aliphatic heterocycles. The van der Waals surface area contributed by atoms with Crippen molar-refractivity contribution in [2.45, 2.75) is 45.8 Å². The van der Waals surface area contributed by atoms with Crippen LogP contribution in [0, 0.1) is 0 Å². The van der Waals surface area contributed by atoms with Crippen molar-refractivity contribution in [3.8, 4) is 5.88 Å². The van der Waals surface area contributed by atoms with Gasteiger partial charge < -0.3 is 20.1 Å². The van der Waals surface area contributed by atoms with Gasteiger partial charge in [-0.1, -0.05) is 13.0 Å². The first kappa shape index (κ1) is 17.5. The number of pyridine rings is 1. The van der Waals surface area contributed by atoms with E-state index in [-0.39, 0.29) is 6.10 Å². The van der Waals surface area contributed by atoms with E-state index in [9.17, 15) is 5.11 Å². The summed E-state index contributed by atoms with van der Waals surface area (Å²) >= 11 is 0. The second-order valence-corrected chi connectivity index (χ2v) is 5.74. The van der Waals surface area contributed by atoms with Gasteiger partial charge in [0.25, 0.3) is 0 Å². The van der Waals surface area contributed by atoms with Crippen LogP contribution in [0.25, 0.3) is 0 Å². The first-order valence-electron chi connectivity index (χ1n) is 8.52. The summed E-state index contributed by atoms with van der Waals surface area (Å²) in [5, 5.41) is 13.0. The van der Waals surface area contributed by atoms with Crippen LogP contribution in [0.4, 0.5) is 0 Å². The van der Waals surface area contributed by atoms with Crippen molar-refractivity contribution in [3.63, 3.8) is 0 Å². The molecular formula is C17H28N4O2. The number of guanidine groups is 1. The second-order valence-electron chi connectivity index (χ2n) is 5.74. The molecular weight excluding hydrogens is 292 g/mol. The number of aromatic nitrogens is 1. The summed E-state index contributed by atoms with van der Waals surface area (Å²) < 4.78 is 5.49. The maximum Gasteiger partial charge on any atom is 0.213 e. The summed E-state index contributed by atoms with van der Waals surface area (Å²) in [6.07, 6.45) is 4.22. The molecule has 0 unspecified atom stereocenters. The van der Waals surface area contributed by atoms with Crippen LogP contribution in [0.2, 0.25) is 0 Å². The first-order valence-corrected chi connectivity index (χ1v) is 8.52. The van der Waals surface area contributed by atoms with Crippen molar-refractivity contribution < 1.29 is 9.84 Å². The quantitative estimate of drug-likeness (QED) is 0.618. The molecule has 2 heterocycles. The Kier molecular flexibility index (Phi) is 7.13. The Morgan fingerprint density at radius 1 is 1.39 bits per heavy atom. The summed E-state index contributed by atoms with van der Waals surface area (Å²) in [6.45, 7) is 7.93. The maximum atomic E-state index is 9.63. The van der Waals surface area contributed by atoms with Gasteiger partial charge in [-0.15, -0.1) is 0 Å². The predicted octanol–water partition coefficient (Wildman–Crippen LogP) is 1.79. The van der Waals surface area contributed by atoms with Gasteiger partial charge in [-0.3, -0.25) is 0 Å². The standard InChI is InChI=1S/C17H28N4O2/c1-3-11-23-16-6-5-14(12-19-16)13-20-17(18-4-2)21-9-7-15(22)8-10-21/h5-6,12,15,22H,3-4,7-11,13H2,1-2H3,(H,18,20). The Labute approximate surface area is 138 Å². The van der Waals surface area contributed by atoms with Crippen molar-refractivity contribution in [2.24, 2.45) is 4.99 Å². The van der Waals surface area contributed by atoms with Gasteiger partial charge in [0.2, 0.25) is 5.88 Å². The molecule has 1 aliphatic rings. The normalized spacial score (nSPS) is 16.5. The van der Waals surface area contributed by atoms with Gasteiger partial charge in [-0.2, -0.15) is 0 Å². The van der Waals surface area contributed by atoms with E-state index in [1.165, 1.54) is 0 Å². The Bertz CT molecular complexity index is 482. The third kappa shape index (κ3) is 5.71. The van der Waals surface area contributed by atoms with E-state index >= 15 is 0 Å². The van der Waals surface area contributed by atoms with Crippen LogP contribution in [-0.2, 0) is 6.54 Å². The average Bonchev–Trinajstić information content (AvgIpc) is 2.58. The van der Waals surface area contributed by atoms with Crippen LogP contribution in [0.3, 0.4) is 0 Å². The second kappa shape index (κ2) is 9.35. The number of aliphatic hydroxyl groups excluding tert-OH is 1. The number of likely N-dealkylation sites (tertiary alicyclic amines) is 1. The number of nitrogens with zero attached hydrogens (tertiary/aromatic N) is 3. The molecule has 0 atom stereocenters. The van der Waals surface area contributed by atoms with E-state index in [0.29, 0.717) is 19.0 Å². The first-order chi connectivity index (χ1) is 11.2. The van der Waals surface area contributed by atoms with Crippen LogP contribution >= 0.6 is 0 Å². The van der Waals surface area contributed by atoms with E-state index in [2.05, 4.69) is 29.0 Å². The van der Waals surface area contributed by atoms with Gasteiger partial charge >= 0.3 is 0 Å². The predicted molar refractivity (Wildman–Crippen MR) is 91.7 cm³/mol. The molecule has 0 bridgehead atoms. The van der Waals surface area contributed by atoms with Gasteiger partial charge in [0, 0.05) is 31.9 Å². The number of piperidine rings is 1. The molecule has 1 aromatic rings. The van der Waals surface area contributed by atoms with E-state index in [0.717, 1.165) is 50.4 Å². The summed E-state index contributed by atoms with van der Waals surface area (Å²) in [5.41, 5.74) is 1.06. The number of ether oxygens (including phenoxy) is 1. The molecule has 0 amide bonds. The summed E-state index contributed by atoms with van der Waals surface area (Å²) in [5.74, 6) is 1.57. The molecule has 0 saturated carbocycles. The Morgan fingerprint density at radius 2 is 2.17 bits per heavy atom. The van der Waals surface area contributed by atoms with Crippen molar-refractivity contribution in [3.05, 3.63) is 23.9 Å². The monoisotopic (exact) mass is 320 g/mol. The van der Waals surface area contributed by atoms with E-state index in [1.807, 2.05) is 18.3 Å². The number of nitrogens with one attached hydrogen (secondary N) is 1. The van der Waals surface area contributed by atoms with Gasteiger partial charge in [-0.25, -0.2) is 9.98 Å². The lowest BCUT2D eigenvalue weighted by Crippen LogP contribution is -2.46. The highest BCUT2D eigenvalue weighted by Crippen LogP contribution is 2.12. The lowest BCUT2D eigenvalue weighted by Gasteiger charge is -2.32. The molecule has 1 aromatic heterocycles. The summed E-state index contributed by atoms with van der Waals surface area (Å²) in [6, 6.07) is 3.90. The number of hydrogen-bond donors (Lipinski definition) is 2. The van der Waals surface area contributed by atoms with Crippen LogP contribution in [0.1, 0.15) is 38.7 Å². The zero-order chi connectivity index (χ0) is 16.5. The lowest BCUT2D eigenvalue weighted by atomic mass is 10.1. The maximum absolute atomic E-state index is 9.63. The van der Waals surface area contributed by atoms with Gasteiger partial charge in [0.1, 0.15) is 0 Å². The zero-order valence-corrected chi connectivity index (χ0v) is 14.2. The Balaban J connectivity index is 1.94. The number of aliphatic hydroxyl groups is 1. The summed E-state index contributed by atoms with van der Waals surface area (Å²) in [7, 11) is 0. The number of rotatable bonds is 6. The third-order valence-electron chi connectivity index (χ3n) is 3.76. The number of hydrogen-bond acceptors (Lipinski definition) is 4. The van der Waals surface area contributed by atoms with E-state index in [4.69, 9.17) is 9.73 Å². The highest BCUT2D eigenvalue weighted by molar-refractivity contribution is 5.80. The highest BCUT2D eigenvalue weighted by Gasteiger charge is 2.19. The highest BCUT2D eigenvalue weighted by atomic mass is 16.5. The fourth-order valence-electron chi connectivity index (χ4n) is 2.47. The molecule has 0 aliphatic carbocycles. The lowest BCUT2D eigenvalue weighted by molar-refractivity contribution is 0.108. The fourth-order valence-corrected chi connectivity index (χ4v) is 2.47. The van der Waals surface area contributed by atoms with Gasteiger partial charge in [0.15, 0.2) is 5.96 Å². The molecule has 1 fully saturated rings. The smallest absolute Gasteiger partial charge is 0.213 e. The van der Waals surface area contributed by atoms with Crippen molar-refractivity contribution in [2.75, 3.05) is 26.2 Å². The molecule has 2 N–H and O–H groups in total. The summed E-state index contributed by atoms with van der Waals surface area (Å²) in [4.78, 5) is 11.2. The van der Waals surface area contributed by atoms with Gasteiger partial charge in [0.05, 0.1) is 19.3 Å². The van der Waals surface area contributed by atoms with Crippen LogP contribution in [0.15, 0.2) is 23.3 Å². The fraction of sp³-hybridized carbons (Fsp3) is 0.647. The van der Waals surface area contributed by atoms with Crippen molar-refractivity contribution in [1.29, 1.82) is 0 Å². The molecule has 0 spiro atoms. The number of aliphatic imine (C=N–C) groups is 1. The average molecular weight is 320 g/mol. The Morgan fingerprint density at radius 3 is 2.78 bits per heavy atom. The van der Waals surface area contributed by atoms with E-state index in [1.54, 1.807) is 0 Å². The minimum absolute atomic E-state index is 0.172.